The van der Waals surface area contributed by atoms with E-state index in [1.807, 2.05) is 18.2 Å². The minimum absolute atomic E-state index is 0.113. The lowest BCUT2D eigenvalue weighted by Gasteiger charge is -2.12. The Labute approximate surface area is 144 Å². The lowest BCUT2D eigenvalue weighted by Crippen LogP contribution is -2.23. The van der Waals surface area contributed by atoms with E-state index in [0.29, 0.717) is 18.5 Å². The van der Waals surface area contributed by atoms with Crippen molar-refractivity contribution in [2.24, 2.45) is 0 Å². The third-order valence-corrected chi connectivity index (χ3v) is 3.26. The highest BCUT2D eigenvalue weighted by atomic mass is 19.3. The van der Waals surface area contributed by atoms with Gasteiger partial charge in [-0.15, -0.1) is 0 Å². The highest BCUT2D eigenvalue weighted by molar-refractivity contribution is 5.92. The Morgan fingerprint density at radius 3 is 2.80 bits per heavy atom. The number of ether oxygens (including phenoxy) is 2. The molecule has 0 radical (unpaired) electrons. The van der Waals surface area contributed by atoms with Gasteiger partial charge < -0.3 is 14.8 Å². The molecule has 0 aliphatic heterocycles. The number of para-hydroxylation sites is 1. The number of aromatic nitrogens is 1. The van der Waals surface area contributed by atoms with Gasteiger partial charge in [-0.1, -0.05) is 18.2 Å². The average molecular weight is 348 g/mol. The monoisotopic (exact) mass is 348 g/mol. The van der Waals surface area contributed by atoms with Crippen molar-refractivity contribution < 1.29 is 23.0 Å². The Bertz CT molecular complexity index is 722. The first kappa shape index (κ1) is 18.4. The molecule has 0 aliphatic rings. The highest BCUT2D eigenvalue weighted by Gasteiger charge is 2.13. The number of hydrogen-bond acceptors (Lipinski definition) is 4. The molecule has 1 amide bonds. The van der Waals surface area contributed by atoms with Gasteiger partial charge in [0.05, 0.1) is 7.11 Å². The van der Waals surface area contributed by atoms with Crippen LogP contribution in [0.25, 0.3) is 6.08 Å². The van der Waals surface area contributed by atoms with Crippen molar-refractivity contribution in [1.82, 2.24) is 10.3 Å². The number of halogens is 2. The molecule has 25 heavy (non-hydrogen) atoms. The fraction of sp³-hybridized carbons (Fsp3) is 0.222. The second-order valence-electron chi connectivity index (χ2n) is 4.95. The van der Waals surface area contributed by atoms with Crippen LogP contribution in [0.4, 0.5) is 8.78 Å². The van der Waals surface area contributed by atoms with Crippen LogP contribution in [0.5, 0.6) is 11.5 Å². The maximum Gasteiger partial charge on any atom is 0.387 e. The number of carbonyl (C=O) groups excluding carboxylic acids is 1. The van der Waals surface area contributed by atoms with Crippen LogP contribution in [0.1, 0.15) is 11.3 Å². The Kier molecular flexibility index (Phi) is 6.88. The zero-order valence-electron chi connectivity index (χ0n) is 13.6. The van der Waals surface area contributed by atoms with Crippen molar-refractivity contribution in [3.63, 3.8) is 0 Å². The molecule has 0 saturated carbocycles. The zero-order valence-corrected chi connectivity index (χ0v) is 13.6. The first-order valence-corrected chi connectivity index (χ1v) is 7.58. The summed E-state index contributed by atoms with van der Waals surface area (Å²) in [7, 11) is 1.35. The topological polar surface area (TPSA) is 60.5 Å². The predicted molar refractivity (Wildman–Crippen MR) is 89.6 cm³/mol. The summed E-state index contributed by atoms with van der Waals surface area (Å²) in [6.07, 6.45) is 4.94. The number of benzene rings is 1. The normalized spacial score (nSPS) is 10.9. The standard InChI is InChI=1S/C18H18F2N2O3/c1-24-15-7-4-5-13(17(15)25-18(19)20)8-9-16(23)22-12-10-14-6-2-3-11-21-14/h2-9,11,18H,10,12H2,1H3,(H,22,23)/b9-8+. The molecule has 7 heteroatoms. The molecule has 0 atom stereocenters. The summed E-state index contributed by atoms with van der Waals surface area (Å²) in [5.41, 5.74) is 1.19. The van der Waals surface area contributed by atoms with Crippen LogP contribution in [0, 0.1) is 0 Å². The number of nitrogens with zero attached hydrogens (tertiary/aromatic N) is 1. The van der Waals surface area contributed by atoms with Gasteiger partial charge in [-0.25, -0.2) is 0 Å². The summed E-state index contributed by atoms with van der Waals surface area (Å²) in [4.78, 5) is 16.0. The molecule has 0 bridgehead atoms. The van der Waals surface area contributed by atoms with Crippen molar-refractivity contribution in [2.75, 3.05) is 13.7 Å². The van der Waals surface area contributed by atoms with Crippen molar-refractivity contribution in [3.8, 4) is 11.5 Å². The smallest absolute Gasteiger partial charge is 0.387 e. The molecule has 0 saturated heterocycles. The first-order chi connectivity index (χ1) is 12.1. The van der Waals surface area contributed by atoms with E-state index in [1.165, 1.54) is 25.3 Å². The van der Waals surface area contributed by atoms with E-state index >= 15 is 0 Å². The maximum absolute atomic E-state index is 12.6. The molecule has 0 fully saturated rings. The quantitative estimate of drug-likeness (QED) is 0.745. The third-order valence-electron chi connectivity index (χ3n) is 3.26. The van der Waals surface area contributed by atoms with Crippen LogP contribution >= 0.6 is 0 Å². The number of nitrogens with one attached hydrogen (secondary N) is 1. The number of amides is 1. The van der Waals surface area contributed by atoms with Gasteiger partial charge in [-0.2, -0.15) is 8.78 Å². The second kappa shape index (κ2) is 9.36. The van der Waals surface area contributed by atoms with E-state index in [0.717, 1.165) is 5.69 Å². The van der Waals surface area contributed by atoms with Gasteiger partial charge >= 0.3 is 6.61 Å². The summed E-state index contributed by atoms with van der Waals surface area (Å²) >= 11 is 0. The molecule has 0 aliphatic carbocycles. The first-order valence-electron chi connectivity index (χ1n) is 7.58. The molecule has 1 heterocycles. The second-order valence-corrected chi connectivity index (χ2v) is 4.95. The van der Waals surface area contributed by atoms with E-state index in [-0.39, 0.29) is 17.4 Å². The molecular formula is C18H18F2N2O3. The molecule has 0 spiro atoms. The molecule has 1 N–H and O–H groups in total. The molecule has 132 valence electrons. The van der Waals surface area contributed by atoms with Gasteiger partial charge in [0.25, 0.3) is 0 Å². The molecule has 2 aromatic rings. The van der Waals surface area contributed by atoms with Crippen LogP contribution in [0.2, 0.25) is 0 Å². The van der Waals surface area contributed by atoms with Gasteiger partial charge in [0.15, 0.2) is 11.5 Å². The number of alkyl halides is 2. The number of methoxy groups -OCH3 is 1. The van der Waals surface area contributed by atoms with E-state index in [2.05, 4.69) is 15.0 Å². The van der Waals surface area contributed by atoms with E-state index in [1.54, 1.807) is 18.3 Å². The molecule has 1 aromatic heterocycles. The van der Waals surface area contributed by atoms with Crippen molar-refractivity contribution in [2.45, 2.75) is 13.0 Å². The number of hydrogen-bond donors (Lipinski definition) is 1. The molecular weight excluding hydrogens is 330 g/mol. The summed E-state index contributed by atoms with van der Waals surface area (Å²) < 4.78 is 34.6. The van der Waals surface area contributed by atoms with Gasteiger partial charge in [-0.05, 0) is 24.3 Å². The maximum atomic E-state index is 12.6. The largest absolute Gasteiger partial charge is 0.493 e. The minimum atomic E-state index is -2.99. The molecule has 1 aromatic carbocycles. The highest BCUT2D eigenvalue weighted by Crippen LogP contribution is 2.33. The Morgan fingerprint density at radius 2 is 2.12 bits per heavy atom. The van der Waals surface area contributed by atoms with Gasteiger partial charge in [0, 0.05) is 36.5 Å². The third kappa shape index (κ3) is 5.87. The molecule has 5 nitrogen and oxygen atoms in total. The lowest BCUT2D eigenvalue weighted by molar-refractivity contribution is -0.116. The van der Waals surface area contributed by atoms with Gasteiger partial charge in [0.2, 0.25) is 5.91 Å². The fourth-order valence-corrected chi connectivity index (χ4v) is 2.12. The number of pyridine rings is 1. The van der Waals surface area contributed by atoms with Crippen LogP contribution in [0.15, 0.2) is 48.7 Å². The lowest BCUT2D eigenvalue weighted by atomic mass is 10.1. The fourth-order valence-electron chi connectivity index (χ4n) is 2.12. The summed E-state index contributed by atoms with van der Waals surface area (Å²) in [5, 5.41) is 2.70. The summed E-state index contributed by atoms with van der Waals surface area (Å²) in [6, 6.07) is 10.2. The predicted octanol–water partition coefficient (Wildman–Crippen LogP) is 3.06. The van der Waals surface area contributed by atoms with Gasteiger partial charge in [0.1, 0.15) is 0 Å². The number of rotatable bonds is 8. The zero-order chi connectivity index (χ0) is 18.1. The van der Waals surface area contributed by atoms with Crippen LogP contribution in [-0.2, 0) is 11.2 Å². The van der Waals surface area contributed by atoms with Crippen LogP contribution < -0.4 is 14.8 Å². The van der Waals surface area contributed by atoms with Crippen LogP contribution in [-0.4, -0.2) is 31.2 Å². The number of carbonyl (C=O) groups is 1. The van der Waals surface area contributed by atoms with Crippen LogP contribution in [0.3, 0.4) is 0 Å². The average Bonchev–Trinajstić information content (AvgIpc) is 2.61. The summed E-state index contributed by atoms with van der Waals surface area (Å²) in [6.45, 7) is -2.57. The van der Waals surface area contributed by atoms with E-state index in [4.69, 9.17) is 4.74 Å². The Hall–Kier alpha value is -2.96. The molecule has 0 unspecified atom stereocenters. The van der Waals surface area contributed by atoms with Crippen molar-refractivity contribution >= 4 is 12.0 Å². The van der Waals surface area contributed by atoms with Crippen molar-refractivity contribution in [3.05, 3.63) is 59.9 Å². The van der Waals surface area contributed by atoms with E-state index < -0.39 is 6.61 Å². The Balaban J connectivity index is 1.97. The minimum Gasteiger partial charge on any atom is -0.493 e. The van der Waals surface area contributed by atoms with Gasteiger partial charge in [-0.3, -0.25) is 9.78 Å². The van der Waals surface area contributed by atoms with E-state index in [9.17, 15) is 13.6 Å². The van der Waals surface area contributed by atoms with Crippen molar-refractivity contribution in [1.29, 1.82) is 0 Å². The summed E-state index contributed by atoms with van der Waals surface area (Å²) in [5.74, 6) is -0.294. The Morgan fingerprint density at radius 1 is 1.28 bits per heavy atom. The SMILES string of the molecule is COc1cccc(/C=C/C(=O)NCCc2ccccn2)c1OC(F)F. The molecule has 2 rings (SSSR count).